The Balaban J connectivity index is 1.89. The van der Waals surface area contributed by atoms with E-state index in [-0.39, 0.29) is 10.8 Å². The lowest BCUT2D eigenvalue weighted by molar-refractivity contribution is -0.122. The minimum Gasteiger partial charge on any atom is -0.479 e. The van der Waals surface area contributed by atoms with Crippen LogP contribution < -0.4 is 14.8 Å². The van der Waals surface area contributed by atoms with Crippen molar-refractivity contribution in [1.82, 2.24) is 0 Å². The first kappa shape index (κ1) is 15.4. The van der Waals surface area contributed by atoms with E-state index >= 15 is 0 Å². The minimum absolute atomic E-state index is 0.184. The van der Waals surface area contributed by atoms with Gasteiger partial charge in [-0.05, 0) is 49.7 Å². The van der Waals surface area contributed by atoms with Crippen LogP contribution in [0.15, 0.2) is 47.4 Å². The molecule has 2 N–H and O–H groups in total. The van der Waals surface area contributed by atoms with Gasteiger partial charge in [0, 0.05) is 0 Å². The van der Waals surface area contributed by atoms with E-state index in [1.54, 1.807) is 31.2 Å². The molecule has 23 heavy (non-hydrogen) atoms. The number of carbonyl (C=O) groups is 1. The third-order valence-corrected chi connectivity index (χ3v) is 4.84. The summed E-state index contributed by atoms with van der Waals surface area (Å²) in [6.45, 7) is 3.47. The predicted molar refractivity (Wildman–Crippen MR) is 87.1 cm³/mol. The lowest BCUT2D eigenvalue weighted by atomic mass is 10.2. The van der Waals surface area contributed by atoms with Crippen molar-refractivity contribution in [2.45, 2.75) is 24.8 Å². The molecule has 2 aromatic carbocycles. The van der Waals surface area contributed by atoms with Crippen LogP contribution in [0.3, 0.4) is 0 Å². The van der Waals surface area contributed by atoms with Crippen molar-refractivity contribution in [3.8, 4) is 5.75 Å². The highest BCUT2D eigenvalue weighted by Gasteiger charge is 2.24. The topological polar surface area (TPSA) is 84.5 Å². The molecule has 0 aromatic heterocycles. The highest BCUT2D eigenvalue weighted by molar-refractivity contribution is 7.92. The zero-order valence-corrected chi connectivity index (χ0v) is 13.5. The second-order valence-electron chi connectivity index (χ2n) is 5.38. The van der Waals surface area contributed by atoms with Gasteiger partial charge in [-0.15, -0.1) is 0 Å². The van der Waals surface area contributed by atoms with Crippen molar-refractivity contribution in [3.63, 3.8) is 0 Å². The Morgan fingerprint density at radius 2 is 1.96 bits per heavy atom. The number of aryl methyl sites for hydroxylation is 1. The number of sulfonamides is 1. The second kappa shape index (κ2) is 5.58. The summed E-state index contributed by atoms with van der Waals surface area (Å²) in [5, 5.41) is 2.69. The van der Waals surface area contributed by atoms with Gasteiger partial charge in [0.05, 0.1) is 16.3 Å². The van der Waals surface area contributed by atoms with Gasteiger partial charge in [0.1, 0.15) is 5.75 Å². The normalized spacial score (nSPS) is 17.0. The van der Waals surface area contributed by atoms with Gasteiger partial charge in [-0.1, -0.05) is 12.1 Å². The summed E-state index contributed by atoms with van der Waals surface area (Å²) in [5.41, 5.74) is 1.65. The van der Waals surface area contributed by atoms with Crippen LogP contribution in [-0.4, -0.2) is 20.4 Å². The standard InChI is InChI=1S/C16H16N2O4S/c1-10-4-3-5-13(8-10)23(20,21)18-12-6-7-15-14(9-12)17-16(19)11(2)22-15/h3-9,11,18H,1-2H3,(H,17,19). The number of nitrogens with one attached hydrogen (secondary N) is 2. The summed E-state index contributed by atoms with van der Waals surface area (Å²) in [5.74, 6) is 0.242. The molecule has 0 radical (unpaired) electrons. The van der Waals surface area contributed by atoms with Gasteiger partial charge >= 0.3 is 0 Å². The average molecular weight is 332 g/mol. The zero-order valence-electron chi connectivity index (χ0n) is 12.7. The Morgan fingerprint density at radius 1 is 1.17 bits per heavy atom. The van der Waals surface area contributed by atoms with Gasteiger partial charge < -0.3 is 10.1 Å². The third kappa shape index (κ3) is 3.14. The highest BCUT2D eigenvalue weighted by Crippen LogP contribution is 2.32. The van der Waals surface area contributed by atoms with Crippen molar-refractivity contribution in [2.24, 2.45) is 0 Å². The van der Waals surface area contributed by atoms with Gasteiger partial charge in [-0.2, -0.15) is 0 Å². The molecule has 0 aliphatic carbocycles. The second-order valence-corrected chi connectivity index (χ2v) is 7.06. The Kier molecular flexibility index (Phi) is 3.73. The Bertz CT molecular complexity index is 877. The molecule has 1 aliphatic heterocycles. The lowest BCUT2D eigenvalue weighted by Crippen LogP contribution is -2.34. The summed E-state index contributed by atoms with van der Waals surface area (Å²) in [6, 6.07) is 11.4. The number of hydrogen-bond acceptors (Lipinski definition) is 4. The molecular formula is C16H16N2O4S. The number of amides is 1. The van der Waals surface area contributed by atoms with Crippen molar-refractivity contribution in [1.29, 1.82) is 0 Å². The first-order valence-corrected chi connectivity index (χ1v) is 8.54. The van der Waals surface area contributed by atoms with Crippen LogP contribution in [0.2, 0.25) is 0 Å². The molecule has 0 bridgehead atoms. The smallest absolute Gasteiger partial charge is 0.265 e. The molecule has 0 saturated heterocycles. The first-order valence-electron chi connectivity index (χ1n) is 7.06. The summed E-state index contributed by atoms with van der Waals surface area (Å²) in [6.07, 6.45) is -0.572. The largest absolute Gasteiger partial charge is 0.479 e. The number of ether oxygens (including phenoxy) is 1. The molecule has 1 unspecified atom stereocenters. The minimum atomic E-state index is -3.69. The maximum Gasteiger partial charge on any atom is 0.265 e. The fourth-order valence-corrected chi connectivity index (χ4v) is 3.42. The van der Waals surface area contributed by atoms with Gasteiger partial charge in [-0.25, -0.2) is 8.42 Å². The van der Waals surface area contributed by atoms with Crippen LogP contribution in [0.5, 0.6) is 5.75 Å². The molecule has 120 valence electrons. The van der Waals surface area contributed by atoms with Crippen LogP contribution in [-0.2, 0) is 14.8 Å². The molecule has 1 atom stereocenters. The molecule has 7 heteroatoms. The van der Waals surface area contributed by atoms with E-state index in [9.17, 15) is 13.2 Å². The third-order valence-electron chi connectivity index (χ3n) is 3.46. The molecule has 0 saturated carbocycles. The molecule has 1 amide bonds. The molecule has 0 spiro atoms. The van der Waals surface area contributed by atoms with Crippen LogP contribution in [0.4, 0.5) is 11.4 Å². The number of anilines is 2. The van der Waals surface area contributed by atoms with E-state index < -0.39 is 16.1 Å². The molecule has 2 aromatic rings. The maximum absolute atomic E-state index is 12.4. The Labute approximate surface area is 134 Å². The summed E-state index contributed by atoms with van der Waals surface area (Å²) >= 11 is 0. The summed E-state index contributed by atoms with van der Waals surface area (Å²) < 4.78 is 32.8. The Hall–Kier alpha value is -2.54. The Morgan fingerprint density at radius 3 is 2.70 bits per heavy atom. The monoisotopic (exact) mass is 332 g/mol. The number of benzene rings is 2. The SMILES string of the molecule is Cc1cccc(S(=O)(=O)Nc2ccc3c(c2)NC(=O)C(C)O3)c1. The average Bonchev–Trinajstić information content (AvgIpc) is 2.48. The van der Waals surface area contributed by atoms with Crippen molar-refractivity contribution >= 4 is 27.3 Å². The van der Waals surface area contributed by atoms with Gasteiger partial charge in [0.25, 0.3) is 15.9 Å². The fourth-order valence-electron chi connectivity index (χ4n) is 2.27. The van der Waals surface area contributed by atoms with E-state index in [4.69, 9.17) is 4.74 Å². The number of hydrogen-bond donors (Lipinski definition) is 2. The number of carbonyl (C=O) groups excluding carboxylic acids is 1. The van der Waals surface area contributed by atoms with Gasteiger partial charge in [0.2, 0.25) is 0 Å². The molecular weight excluding hydrogens is 316 g/mol. The van der Waals surface area contributed by atoms with E-state index in [0.717, 1.165) is 5.56 Å². The highest BCUT2D eigenvalue weighted by atomic mass is 32.2. The molecule has 1 heterocycles. The predicted octanol–water partition coefficient (Wildman–Crippen LogP) is 2.52. The fraction of sp³-hybridized carbons (Fsp3) is 0.188. The van der Waals surface area contributed by atoms with Crippen LogP contribution in [0, 0.1) is 6.92 Å². The van der Waals surface area contributed by atoms with Crippen molar-refractivity contribution in [2.75, 3.05) is 10.0 Å². The van der Waals surface area contributed by atoms with Crippen LogP contribution >= 0.6 is 0 Å². The van der Waals surface area contributed by atoms with E-state index in [2.05, 4.69) is 10.0 Å². The lowest BCUT2D eigenvalue weighted by Gasteiger charge is -2.23. The molecule has 6 nitrogen and oxygen atoms in total. The zero-order chi connectivity index (χ0) is 16.6. The van der Waals surface area contributed by atoms with Crippen LogP contribution in [0.25, 0.3) is 0 Å². The van der Waals surface area contributed by atoms with Gasteiger partial charge in [-0.3, -0.25) is 9.52 Å². The van der Waals surface area contributed by atoms with E-state index in [0.29, 0.717) is 17.1 Å². The first-order chi connectivity index (χ1) is 10.8. The number of fused-ring (bicyclic) bond motifs is 1. The molecule has 3 rings (SSSR count). The van der Waals surface area contributed by atoms with E-state index in [1.165, 1.54) is 12.1 Å². The molecule has 0 fully saturated rings. The van der Waals surface area contributed by atoms with Crippen molar-refractivity contribution in [3.05, 3.63) is 48.0 Å². The summed E-state index contributed by atoms with van der Waals surface area (Å²) in [7, 11) is -3.69. The van der Waals surface area contributed by atoms with E-state index in [1.807, 2.05) is 13.0 Å². The quantitative estimate of drug-likeness (QED) is 0.904. The van der Waals surface area contributed by atoms with Gasteiger partial charge in [0.15, 0.2) is 6.10 Å². The molecule has 1 aliphatic rings. The maximum atomic E-state index is 12.4. The number of rotatable bonds is 3. The van der Waals surface area contributed by atoms with Crippen molar-refractivity contribution < 1.29 is 17.9 Å². The summed E-state index contributed by atoms with van der Waals surface area (Å²) in [4.78, 5) is 11.8. The van der Waals surface area contributed by atoms with Crippen LogP contribution in [0.1, 0.15) is 12.5 Å².